The number of aromatic nitrogens is 2. The zero-order valence-corrected chi connectivity index (χ0v) is 18.2. The third-order valence-corrected chi connectivity index (χ3v) is 5.94. The second-order valence-electron chi connectivity index (χ2n) is 8.06. The topological polar surface area (TPSA) is 79.3 Å². The monoisotopic (exact) mass is 431 g/mol. The third-order valence-electron chi connectivity index (χ3n) is 5.94. The largest absolute Gasteiger partial charge is 0.336 e. The zero-order chi connectivity index (χ0) is 20.2. The van der Waals surface area contributed by atoms with Crippen LogP contribution in [0.4, 0.5) is 5.69 Å². The van der Waals surface area contributed by atoms with Crippen LogP contribution >= 0.6 is 12.4 Å². The Morgan fingerprint density at radius 1 is 1.10 bits per heavy atom. The molecule has 4 rings (SSSR count). The Morgan fingerprint density at radius 2 is 1.90 bits per heavy atom. The van der Waals surface area contributed by atoms with Crippen LogP contribution in [0.25, 0.3) is 0 Å². The van der Waals surface area contributed by atoms with E-state index in [1.807, 2.05) is 15.8 Å². The number of anilines is 1. The van der Waals surface area contributed by atoms with E-state index in [1.54, 1.807) is 30.3 Å². The number of carbonyl (C=O) groups excluding carboxylic acids is 2. The van der Waals surface area contributed by atoms with Crippen LogP contribution in [0.2, 0.25) is 0 Å². The first-order chi connectivity index (χ1) is 14.1. The number of halogens is 1. The predicted octanol–water partition coefficient (Wildman–Crippen LogP) is 3.50. The smallest absolute Gasteiger partial charge is 0.276 e. The number of amides is 2. The molecular formula is C22H30ClN5O2. The molecular weight excluding hydrogens is 402 g/mol. The number of carbonyl (C=O) groups is 2. The lowest BCUT2D eigenvalue weighted by atomic mass is 10.0. The van der Waals surface area contributed by atoms with Gasteiger partial charge < -0.3 is 15.5 Å². The Bertz CT molecular complexity index is 861. The van der Waals surface area contributed by atoms with Crippen LogP contribution in [0.1, 0.15) is 65.9 Å². The summed E-state index contributed by atoms with van der Waals surface area (Å²) in [6, 6.07) is 9.46. The molecule has 2 aromatic rings. The minimum Gasteiger partial charge on any atom is -0.336 e. The van der Waals surface area contributed by atoms with E-state index in [2.05, 4.69) is 22.7 Å². The van der Waals surface area contributed by atoms with Crippen molar-refractivity contribution in [2.75, 3.05) is 25.0 Å². The molecule has 2 N–H and O–H groups in total. The third kappa shape index (κ3) is 5.02. The van der Waals surface area contributed by atoms with E-state index < -0.39 is 0 Å². The zero-order valence-electron chi connectivity index (χ0n) is 17.3. The minimum atomic E-state index is -0.240. The van der Waals surface area contributed by atoms with Crippen LogP contribution in [0, 0.1) is 0 Å². The van der Waals surface area contributed by atoms with Gasteiger partial charge in [0.15, 0.2) is 5.69 Å². The van der Waals surface area contributed by atoms with Crippen LogP contribution in [0.5, 0.6) is 0 Å². The number of likely N-dealkylation sites (tertiary alicyclic amines) is 1. The van der Waals surface area contributed by atoms with E-state index in [9.17, 15) is 9.59 Å². The molecule has 0 saturated carbocycles. The van der Waals surface area contributed by atoms with Gasteiger partial charge in [-0.15, -0.1) is 12.4 Å². The van der Waals surface area contributed by atoms with E-state index in [-0.39, 0.29) is 30.3 Å². The molecule has 2 fully saturated rings. The van der Waals surface area contributed by atoms with Gasteiger partial charge in [-0.3, -0.25) is 14.3 Å². The van der Waals surface area contributed by atoms with Gasteiger partial charge in [0, 0.05) is 36.6 Å². The van der Waals surface area contributed by atoms with Crippen LogP contribution in [0.15, 0.2) is 36.5 Å². The lowest BCUT2D eigenvalue weighted by Crippen LogP contribution is -2.42. The van der Waals surface area contributed by atoms with Crippen molar-refractivity contribution in [1.82, 2.24) is 20.0 Å². The molecule has 2 aliphatic heterocycles. The van der Waals surface area contributed by atoms with Crippen LogP contribution in [0.3, 0.4) is 0 Å². The van der Waals surface area contributed by atoms with Crippen LogP contribution in [-0.2, 0) is 0 Å². The molecule has 162 valence electrons. The van der Waals surface area contributed by atoms with Crippen molar-refractivity contribution in [3.63, 3.8) is 0 Å². The second kappa shape index (κ2) is 10.1. The summed E-state index contributed by atoms with van der Waals surface area (Å²) in [6.07, 6.45) is 7.36. The first-order valence-corrected chi connectivity index (χ1v) is 10.6. The fraction of sp³-hybridized carbons (Fsp3) is 0.500. The molecule has 2 unspecified atom stereocenters. The van der Waals surface area contributed by atoms with Crippen molar-refractivity contribution in [3.05, 3.63) is 47.8 Å². The summed E-state index contributed by atoms with van der Waals surface area (Å²) in [5.74, 6) is -0.175. The number of hydrogen-bond acceptors (Lipinski definition) is 4. The van der Waals surface area contributed by atoms with Crippen molar-refractivity contribution in [3.8, 4) is 0 Å². The van der Waals surface area contributed by atoms with Crippen molar-refractivity contribution in [2.24, 2.45) is 0 Å². The maximum Gasteiger partial charge on any atom is 0.276 e. The highest BCUT2D eigenvalue weighted by Crippen LogP contribution is 2.21. The lowest BCUT2D eigenvalue weighted by molar-refractivity contribution is 0.0635. The fourth-order valence-corrected chi connectivity index (χ4v) is 4.18. The summed E-state index contributed by atoms with van der Waals surface area (Å²) in [5.41, 5.74) is 1.72. The van der Waals surface area contributed by atoms with E-state index in [0.29, 0.717) is 23.0 Å². The van der Waals surface area contributed by atoms with Gasteiger partial charge in [0.2, 0.25) is 0 Å². The molecule has 1 aromatic heterocycles. The molecule has 8 heteroatoms. The summed E-state index contributed by atoms with van der Waals surface area (Å²) in [5, 5.41) is 10.7. The number of rotatable bonds is 4. The number of nitrogens with one attached hydrogen (secondary N) is 2. The number of benzene rings is 1. The summed E-state index contributed by atoms with van der Waals surface area (Å²) in [6.45, 7) is 4.85. The number of piperidine rings is 2. The molecule has 2 amide bonds. The highest BCUT2D eigenvalue weighted by Gasteiger charge is 2.24. The normalized spacial score (nSPS) is 21.6. The lowest BCUT2D eigenvalue weighted by Gasteiger charge is -2.33. The average molecular weight is 432 g/mol. The standard InChI is InChI=1S/C22H29N5O2.ClH/c1-16-5-2-3-13-26(16)22(29)17-7-9-18(10-8-17)24-21(28)20-11-14-27(25-20)19-6-4-12-23-15-19;/h7-11,14,16,19,23H,2-6,12-13,15H2,1H3,(H,24,28);1H. The van der Waals surface area contributed by atoms with E-state index in [0.717, 1.165) is 45.3 Å². The summed E-state index contributed by atoms with van der Waals surface area (Å²) in [4.78, 5) is 27.2. The maximum atomic E-state index is 12.7. The highest BCUT2D eigenvalue weighted by atomic mass is 35.5. The van der Waals surface area contributed by atoms with E-state index >= 15 is 0 Å². The van der Waals surface area contributed by atoms with Crippen molar-refractivity contribution >= 4 is 29.9 Å². The predicted molar refractivity (Wildman–Crippen MR) is 119 cm³/mol. The van der Waals surface area contributed by atoms with Crippen molar-refractivity contribution in [2.45, 2.75) is 51.1 Å². The van der Waals surface area contributed by atoms with Gasteiger partial charge in [-0.2, -0.15) is 5.10 Å². The molecule has 0 radical (unpaired) electrons. The SMILES string of the molecule is CC1CCCCN1C(=O)c1ccc(NC(=O)c2ccn(C3CCCNC3)n2)cc1.Cl. The quantitative estimate of drug-likeness (QED) is 0.776. The fourth-order valence-electron chi connectivity index (χ4n) is 4.18. The highest BCUT2D eigenvalue weighted by molar-refractivity contribution is 6.03. The minimum absolute atomic E-state index is 0. The molecule has 1 aromatic carbocycles. The molecule has 2 aliphatic rings. The van der Waals surface area contributed by atoms with Gasteiger partial charge in [-0.05, 0) is 75.9 Å². The average Bonchev–Trinajstić information content (AvgIpc) is 3.25. The number of hydrogen-bond donors (Lipinski definition) is 2. The van der Waals surface area contributed by atoms with Crippen LogP contribution < -0.4 is 10.6 Å². The maximum absolute atomic E-state index is 12.7. The van der Waals surface area contributed by atoms with Crippen molar-refractivity contribution in [1.29, 1.82) is 0 Å². The van der Waals surface area contributed by atoms with Gasteiger partial charge >= 0.3 is 0 Å². The Hall–Kier alpha value is -2.38. The van der Waals surface area contributed by atoms with Crippen molar-refractivity contribution < 1.29 is 9.59 Å². The van der Waals surface area contributed by atoms with Gasteiger partial charge in [0.05, 0.1) is 6.04 Å². The van der Waals surface area contributed by atoms with Gasteiger partial charge in [0.1, 0.15) is 0 Å². The Balaban J connectivity index is 0.00000256. The molecule has 3 heterocycles. The Labute approximate surface area is 183 Å². The second-order valence-corrected chi connectivity index (χ2v) is 8.06. The summed E-state index contributed by atoms with van der Waals surface area (Å²) < 4.78 is 1.88. The molecule has 2 atom stereocenters. The molecule has 30 heavy (non-hydrogen) atoms. The Morgan fingerprint density at radius 3 is 2.60 bits per heavy atom. The van der Waals surface area contributed by atoms with E-state index in [1.165, 1.54) is 6.42 Å². The molecule has 0 aliphatic carbocycles. The van der Waals surface area contributed by atoms with Gasteiger partial charge in [0.25, 0.3) is 11.8 Å². The molecule has 2 saturated heterocycles. The molecule has 7 nitrogen and oxygen atoms in total. The summed E-state index contributed by atoms with van der Waals surface area (Å²) in [7, 11) is 0. The van der Waals surface area contributed by atoms with E-state index in [4.69, 9.17) is 0 Å². The first-order valence-electron chi connectivity index (χ1n) is 10.6. The first kappa shape index (κ1) is 22.3. The molecule has 0 spiro atoms. The number of nitrogens with zero attached hydrogens (tertiary/aromatic N) is 3. The van der Waals surface area contributed by atoms with Crippen LogP contribution in [-0.4, -0.2) is 52.2 Å². The van der Waals surface area contributed by atoms with Gasteiger partial charge in [-0.1, -0.05) is 0 Å². The Kier molecular flexibility index (Phi) is 7.50. The molecule has 0 bridgehead atoms. The van der Waals surface area contributed by atoms with Gasteiger partial charge in [-0.25, -0.2) is 0 Å². The summed E-state index contributed by atoms with van der Waals surface area (Å²) >= 11 is 0.